The standard InChI is InChI=1S/C16H14O3/c17-16(18)8-11-3-1-4-12(7-11)14-6-2-5-13-9-19-10-15(13)14/h1-7H,8-10H2,(H,17,18). The minimum absolute atomic E-state index is 0.0549. The second-order valence-corrected chi connectivity index (χ2v) is 4.71. The average molecular weight is 254 g/mol. The minimum Gasteiger partial charge on any atom is -0.481 e. The molecule has 1 heterocycles. The van der Waals surface area contributed by atoms with Crippen LogP contribution in [-0.4, -0.2) is 11.1 Å². The Morgan fingerprint density at radius 1 is 1.16 bits per heavy atom. The van der Waals surface area contributed by atoms with E-state index in [0.29, 0.717) is 13.2 Å². The zero-order valence-electron chi connectivity index (χ0n) is 10.4. The second kappa shape index (κ2) is 4.86. The van der Waals surface area contributed by atoms with Crippen molar-refractivity contribution in [2.75, 3.05) is 0 Å². The third-order valence-electron chi connectivity index (χ3n) is 3.37. The monoisotopic (exact) mass is 254 g/mol. The highest BCUT2D eigenvalue weighted by Gasteiger charge is 2.16. The smallest absolute Gasteiger partial charge is 0.307 e. The Morgan fingerprint density at radius 2 is 2.00 bits per heavy atom. The van der Waals surface area contributed by atoms with Crippen molar-refractivity contribution in [3.8, 4) is 11.1 Å². The zero-order valence-corrected chi connectivity index (χ0v) is 10.4. The minimum atomic E-state index is -0.807. The maximum absolute atomic E-state index is 10.8. The van der Waals surface area contributed by atoms with Crippen molar-refractivity contribution in [2.24, 2.45) is 0 Å². The molecule has 1 aliphatic rings. The molecule has 96 valence electrons. The van der Waals surface area contributed by atoms with Crippen molar-refractivity contribution in [2.45, 2.75) is 19.6 Å². The molecule has 2 aromatic carbocycles. The molecule has 0 fully saturated rings. The molecule has 0 atom stereocenters. The summed E-state index contributed by atoms with van der Waals surface area (Å²) in [7, 11) is 0. The van der Waals surface area contributed by atoms with E-state index in [1.165, 1.54) is 11.1 Å². The van der Waals surface area contributed by atoms with Gasteiger partial charge in [0.2, 0.25) is 0 Å². The predicted octanol–water partition coefficient (Wildman–Crippen LogP) is 3.01. The summed E-state index contributed by atoms with van der Waals surface area (Å²) in [6.45, 7) is 1.30. The third-order valence-corrected chi connectivity index (χ3v) is 3.37. The van der Waals surface area contributed by atoms with Gasteiger partial charge in [-0.25, -0.2) is 0 Å². The summed E-state index contributed by atoms with van der Waals surface area (Å²) in [5.74, 6) is -0.807. The van der Waals surface area contributed by atoms with Gasteiger partial charge in [0.1, 0.15) is 0 Å². The topological polar surface area (TPSA) is 46.5 Å². The number of carboxylic acid groups (broad SMARTS) is 1. The molecule has 1 N–H and O–H groups in total. The quantitative estimate of drug-likeness (QED) is 0.915. The van der Waals surface area contributed by atoms with Gasteiger partial charge in [0.25, 0.3) is 0 Å². The normalized spacial score (nSPS) is 13.3. The van der Waals surface area contributed by atoms with E-state index in [4.69, 9.17) is 9.84 Å². The predicted molar refractivity (Wildman–Crippen MR) is 71.7 cm³/mol. The number of aliphatic carboxylic acids is 1. The van der Waals surface area contributed by atoms with Crippen LogP contribution in [0.2, 0.25) is 0 Å². The first kappa shape index (κ1) is 11.9. The Balaban J connectivity index is 2.03. The molecule has 0 spiro atoms. The molecule has 3 heteroatoms. The van der Waals surface area contributed by atoms with Gasteiger partial charge in [0.05, 0.1) is 19.6 Å². The van der Waals surface area contributed by atoms with Gasteiger partial charge in [-0.1, -0.05) is 42.5 Å². The molecular formula is C16H14O3. The lowest BCUT2D eigenvalue weighted by atomic mass is 9.95. The fourth-order valence-electron chi connectivity index (χ4n) is 2.50. The molecule has 0 radical (unpaired) electrons. The largest absolute Gasteiger partial charge is 0.481 e. The number of carboxylic acids is 1. The van der Waals surface area contributed by atoms with Gasteiger partial charge in [-0.2, -0.15) is 0 Å². The summed E-state index contributed by atoms with van der Waals surface area (Å²) in [6.07, 6.45) is 0.0549. The van der Waals surface area contributed by atoms with Crippen molar-refractivity contribution in [3.63, 3.8) is 0 Å². The van der Waals surface area contributed by atoms with E-state index in [1.807, 2.05) is 30.3 Å². The van der Waals surface area contributed by atoms with Crippen LogP contribution in [0.5, 0.6) is 0 Å². The fraction of sp³-hybridized carbons (Fsp3) is 0.188. The summed E-state index contributed by atoms with van der Waals surface area (Å²) >= 11 is 0. The van der Waals surface area contributed by atoms with Gasteiger partial charge in [-0.05, 0) is 27.8 Å². The summed E-state index contributed by atoms with van der Waals surface area (Å²) in [5.41, 5.74) is 5.46. The number of fused-ring (bicyclic) bond motifs is 1. The Bertz CT molecular complexity index is 632. The fourth-order valence-corrected chi connectivity index (χ4v) is 2.50. The Labute approximate surface area is 111 Å². The molecule has 0 amide bonds. The highest BCUT2D eigenvalue weighted by molar-refractivity contribution is 5.73. The SMILES string of the molecule is O=C(O)Cc1cccc(-c2cccc3c2COC3)c1. The number of hydrogen-bond donors (Lipinski definition) is 1. The van der Waals surface area contributed by atoms with Crippen LogP contribution in [-0.2, 0) is 29.2 Å². The van der Waals surface area contributed by atoms with Crippen molar-refractivity contribution in [3.05, 3.63) is 59.2 Å². The highest BCUT2D eigenvalue weighted by atomic mass is 16.5. The molecule has 19 heavy (non-hydrogen) atoms. The molecule has 3 nitrogen and oxygen atoms in total. The summed E-state index contributed by atoms with van der Waals surface area (Å²) in [4.78, 5) is 10.8. The Hall–Kier alpha value is -2.13. The van der Waals surface area contributed by atoms with E-state index in [-0.39, 0.29) is 6.42 Å². The molecule has 0 aromatic heterocycles. The number of rotatable bonds is 3. The first-order valence-corrected chi connectivity index (χ1v) is 6.23. The molecule has 2 aromatic rings. The second-order valence-electron chi connectivity index (χ2n) is 4.71. The molecule has 0 saturated heterocycles. The zero-order chi connectivity index (χ0) is 13.2. The Morgan fingerprint density at radius 3 is 2.84 bits per heavy atom. The molecule has 0 saturated carbocycles. The maximum Gasteiger partial charge on any atom is 0.307 e. The number of carbonyl (C=O) groups is 1. The number of ether oxygens (including phenoxy) is 1. The molecule has 0 bridgehead atoms. The molecular weight excluding hydrogens is 240 g/mol. The van der Waals surface area contributed by atoms with E-state index in [1.54, 1.807) is 0 Å². The Kier molecular flexibility index (Phi) is 3.05. The van der Waals surface area contributed by atoms with Gasteiger partial charge in [0, 0.05) is 0 Å². The van der Waals surface area contributed by atoms with E-state index < -0.39 is 5.97 Å². The molecule has 0 aliphatic carbocycles. The van der Waals surface area contributed by atoms with Gasteiger partial charge in [-0.3, -0.25) is 4.79 Å². The van der Waals surface area contributed by atoms with Gasteiger partial charge >= 0.3 is 5.97 Å². The van der Waals surface area contributed by atoms with Crippen LogP contribution in [0.25, 0.3) is 11.1 Å². The van der Waals surface area contributed by atoms with Crippen LogP contribution in [0.3, 0.4) is 0 Å². The summed E-state index contributed by atoms with van der Waals surface area (Å²) < 4.78 is 5.48. The summed E-state index contributed by atoms with van der Waals surface area (Å²) in [5, 5.41) is 8.86. The van der Waals surface area contributed by atoms with Crippen LogP contribution < -0.4 is 0 Å². The molecule has 3 rings (SSSR count). The lowest BCUT2D eigenvalue weighted by Gasteiger charge is -2.08. The first-order valence-electron chi connectivity index (χ1n) is 6.23. The van der Waals surface area contributed by atoms with Crippen LogP contribution >= 0.6 is 0 Å². The van der Waals surface area contributed by atoms with E-state index in [0.717, 1.165) is 16.7 Å². The maximum atomic E-state index is 10.8. The van der Waals surface area contributed by atoms with Gasteiger partial charge in [-0.15, -0.1) is 0 Å². The molecule has 0 unspecified atom stereocenters. The van der Waals surface area contributed by atoms with Crippen LogP contribution in [0.1, 0.15) is 16.7 Å². The van der Waals surface area contributed by atoms with E-state index in [2.05, 4.69) is 12.1 Å². The number of hydrogen-bond acceptors (Lipinski definition) is 2. The lowest BCUT2D eigenvalue weighted by molar-refractivity contribution is -0.136. The lowest BCUT2D eigenvalue weighted by Crippen LogP contribution is -2.00. The van der Waals surface area contributed by atoms with Crippen LogP contribution in [0, 0.1) is 0 Å². The van der Waals surface area contributed by atoms with Gasteiger partial charge in [0.15, 0.2) is 0 Å². The third kappa shape index (κ3) is 2.37. The molecule has 1 aliphatic heterocycles. The summed E-state index contributed by atoms with van der Waals surface area (Å²) in [6, 6.07) is 13.9. The highest BCUT2D eigenvalue weighted by Crippen LogP contribution is 2.31. The van der Waals surface area contributed by atoms with Crippen molar-refractivity contribution in [1.29, 1.82) is 0 Å². The van der Waals surface area contributed by atoms with E-state index in [9.17, 15) is 4.79 Å². The van der Waals surface area contributed by atoms with Crippen molar-refractivity contribution in [1.82, 2.24) is 0 Å². The van der Waals surface area contributed by atoms with Crippen molar-refractivity contribution >= 4 is 5.97 Å². The van der Waals surface area contributed by atoms with Crippen molar-refractivity contribution < 1.29 is 14.6 Å². The van der Waals surface area contributed by atoms with Gasteiger partial charge < -0.3 is 9.84 Å². The average Bonchev–Trinajstić information content (AvgIpc) is 2.86. The van der Waals surface area contributed by atoms with Crippen LogP contribution in [0.4, 0.5) is 0 Å². The number of benzene rings is 2. The van der Waals surface area contributed by atoms with Crippen LogP contribution in [0.15, 0.2) is 42.5 Å². The first-order chi connectivity index (χ1) is 9.24. The van der Waals surface area contributed by atoms with E-state index >= 15 is 0 Å².